The molecule has 1 aliphatic heterocycles. The SMILES string of the molecule is COC(=O)c1cc(Br)c(CN2CCO[C@H](c3ccc(C)o3)C2)n1C. The monoisotopic (exact) mass is 396 g/mol. The summed E-state index contributed by atoms with van der Waals surface area (Å²) in [6, 6.07) is 5.72. The number of methoxy groups -OCH3 is 1. The quantitative estimate of drug-likeness (QED) is 0.743. The average Bonchev–Trinajstić information content (AvgIpc) is 3.13. The van der Waals surface area contributed by atoms with Gasteiger partial charge in [0.1, 0.15) is 23.3 Å². The molecule has 0 amide bonds. The highest BCUT2D eigenvalue weighted by Crippen LogP contribution is 2.27. The summed E-state index contributed by atoms with van der Waals surface area (Å²) < 4.78 is 19.1. The molecule has 1 aliphatic rings. The van der Waals surface area contributed by atoms with Gasteiger partial charge in [-0.3, -0.25) is 4.90 Å². The van der Waals surface area contributed by atoms with Crippen LogP contribution in [0.25, 0.3) is 0 Å². The van der Waals surface area contributed by atoms with E-state index in [-0.39, 0.29) is 12.1 Å². The molecule has 1 fully saturated rings. The maximum atomic E-state index is 11.8. The Morgan fingerprint density at radius 2 is 2.25 bits per heavy atom. The van der Waals surface area contributed by atoms with E-state index in [0.717, 1.165) is 34.8 Å². The van der Waals surface area contributed by atoms with E-state index in [4.69, 9.17) is 13.9 Å². The van der Waals surface area contributed by atoms with Crippen LogP contribution in [0.15, 0.2) is 27.1 Å². The van der Waals surface area contributed by atoms with Crippen LogP contribution in [0.3, 0.4) is 0 Å². The summed E-state index contributed by atoms with van der Waals surface area (Å²) in [6.45, 7) is 4.88. The van der Waals surface area contributed by atoms with E-state index in [9.17, 15) is 4.79 Å². The molecule has 0 aromatic carbocycles. The minimum absolute atomic E-state index is 0.0634. The smallest absolute Gasteiger partial charge is 0.354 e. The molecule has 0 aliphatic carbocycles. The Hall–Kier alpha value is -1.57. The van der Waals surface area contributed by atoms with E-state index in [0.29, 0.717) is 18.8 Å². The predicted octanol–water partition coefficient (Wildman–Crippen LogP) is 3.05. The van der Waals surface area contributed by atoms with Crippen LogP contribution >= 0.6 is 15.9 Å². The first-order valence-electron chi connectivity index (χ1n) is 7.82. The second kappa shape index (κ2) is 7.13. The van der Waals surface area contributed by atoms with E-state index in [1.807, 2.05) is 30.7 Å². The molecule has 0 N–H and O–H groups in total. The summed E-state index contributed by atoms with van der Waals surface area (Å²) >= 11 is 3.55. The standard InChI is InChI=1S/C17H21BrN2O4/c1-11-4-5-15(24-11)16-10-20(6-7-23-16)9-14-12(18)8-13(19(14)2)17(21)22-3/h4-5,8,16H,6-7,9-10H2,1-3H3/t16-/m0/s1. The van der Waals surface area contributed by atoms with Crippen molar-refractivity contribution in [2.45, 2.75) is 19.6 Å². The van der Waals surface area contributed by atoms with Gasteiger partial charge in [0.2, 0.25) is 0 Å². The highest BCUT2D eigenvalue weighted by atomic mass is 79.9. The normalized spacial score (nSPS) is 18.8. The minimum Gasteiger partial charge on any atom is -0.464 e. The number of carbonyl (C=O) groups is 1. The zero-order valence-corrected chi connectivity index (χ0v) is 15.6. The molecule has 2 aromatic heterocycles. The molecule has 0 unspecified atom stereocenters. The van der Waals surface area contributed by atoms with Gasteiger partial charge in [-0.2, -0.15) is 0 Å². The fraction of sp³-hybridized carbons (Fsp3) is 0.471. The Morgan fingerprint density at radius 3 is 2.92 bits per heavy atom. The van der Waals surface area contributed by atoms with Gasteiger partial charge in [-0.05, 0) is 41.1 Å². The molecule has 1 saturated heterocycles. The zero-order valence-electron chi connectivity index (χ0n) is 14.0. The van der Waals surface area contributed by atoms with E-state index < -0.39 is 0 Å². The summed E-state index contributed by atoms with van der Waals surface area (Å²) in [7, 11) is 3.26. The molecule has 3 heterocycles. The summed E-state index contributed by atoms with van der Waals surface area (Å²) in [6.07, 6.45) is -0.0634. The van der Waals surface area contributed by atoms with Crippen molar-refractivity contribution in [3.05, 3.63) is 45.6 Å². The third-order valence-electron chi connectivity index (χ3n) is 4.30. The van der Waals surface area contributed by atoms with Crippen molar-refractivity contribution >= 4 is 21.9 Å². The second-order valence-corrected chi connectivity index (χ2v) is 6.77. The maximum Gasteiger partial charge on any atom is 0.354 e. The van der Waals surface area contributed by atoms with Crippen LogP contribution in [0.2, 0.25) is 0 Å². The molecule has 7 heteroatoms. The molecule has 0 bridgehead atoms. The van der Waals surface area contributed by atoms with Gasteiger partial charge in [0.15, 0.2) is 0 Å². The Balaban J connectivity index is 1.74. The third-order valence-corrected chi connectivity index (χ3v) is 4.99. The van der Waals surface area contributed by atoms with Gasteiger partial charge in [0, 0.05) is 36.8 Å². The average molecular weight is 397 g/mol. The van der Waals surface area contributed by atoms with E-state index >= 15 is 0 Å². The number of ether oxygens (including phenoxy) is 2. The van der Waals surface area contributed by atoms with Crippen LogP contribution in [0, 0.1) is 6.92 Å². The number of hydrogen-bond donors (Lipinski definition) is 0. The number of halogens is 1. The number of aryl methyl sites for hydroxylation is 1. The van der Waals surface area contributed by atoms with E-state index in [2.05, 4.69) is 20.8 Å². The summed E-state index contributed by atoms with van der Waals surface area (Å²) in [5.41, 5.74) is 1.57. The molecule has 0 radical (unpaired) electrons. The van der Waals surface area contributed by atoms with Gasteiger partial charge < -0.3 is 18.5 Å². The van der Waals surface area contributed by atoms with Crippen LogP contribution in [-0.2, 0) is 23.1 Å². The summed E-state index contributed by atoms with van der Waals surface area (Å²) in [5, 5.41) is 0. The van der Waals surface area contributed by atoms with Crippen molar-refractivity contribution in [2.75, 3.05) is 26.8 Å². The molecule has 130 valence electrons. The van der Waals surface area contributed by atoms with Crippen molar-refractivity contribution < 1.29 is 18.7 Å². The number of rotatable bonds is 4. The van der Waals surface area contributed by atoms with Crippen LogP contribution < -0.4 is 0 Å². The Labute approximate surface area is 149 Å². The molecule has 3 rings (SSSR count). The molecule has 2 aromatic rings. The van der Waals surface area contributed by atoms with Crippen LogP contribution in [0.1, 0.15) is 33.8 Å². The Bertz CT molecular complexity index is 737. The number of furan rings is 1. The lowest BCUT2D eigenvalue weighted by Gasteiger charge is -2.32. The minimum atomic E-state index is -0.338. The molecule has 1 atom stereocenters. The van der Waals surface area contributed by atoms with Crippen LogP contribution in [0.5, 0.6) is 0 Å². The first-order chi connectivity index (χ1) is 11.5. The number of carbonyl (C=O) groups excluding carboxylic acids is 1. The molecule has 6 nitrogen and oxygen atoms in total. The van der Waals surface area contributed by atoms with Crippen molar-refractivity contribution in [3.63, 3.8) is 0 Å². The highest BCUT2D eigenvalue weighted by Gasteiger charge is 2.26. The van der Waals surface area contributed by atoms with Crippen LogP contribution in [0.4, 0.5) is 0 Å². The van der Waals surface area contributed by atoms with Gasteiger partial charge in [-0.15, -0.1) is 0 Å². The van der Waals surface area contributed by atoms with E-state index in [1.54, 1.807) is 6.07 Å². The molecule has 0 spiro atoms. The number of morpholine rings is 1. The lowest BCUT2D eigenvalue weighted by molar-refractivity contribution is -0.0436. The number of hydrogen-bond acceptors (Lipinski definition) is 5. The number of aromatic nitrogens is 1. The Kier molecular flexibility index (Phi) is 5.12. The number of esters is 1. The van der Waals surface area contributed by atoms with Crippen molar-refractivity contribution in [2.24, 2.45) is 7.05 Å². The van der Waals surface area contributed by atoms with E-state index in [1.165, 1.54) is 7.11 Å². The highest BCUT2D eigenvalue weighted by molar-refractivity contribution is 9.10. The van der Waals surface area contributed by atoms with Gasteiger partial charge in [0.25, 0.3) is 0 Å². The van der Waals surface area contributed by atoms with Crippen LogP contribution in [-0.4, -0.2) is 42.2 Å². The summed E-state index contributed by atoms with van der Waals surface area (Å²) in [5.74, 6) is 1.41. The first kappa shape index (κ1) is 17.3. The van der Waals surface area contributed by atoms with Crippen molar-refractivity contribution in [1.29, 1.82) is 0 Å². The fourth-order valence-corrected chi connectivity index (χ4v) is 3.55. The van der Waals surface area contributed by atoms with Crippen molar-refractivity contribution in [3.8, 4) is 0 Å². The molecular formula is C17H21BrN2O4. The lowest BCUT2D eigenvalue weighted by atomic mass is 10.2. The molecule has 24 heavy (non-hydrogen) atoms. The molecule has 0 saturated carbocycles. The van der Waals surface area contributed by atoms with Crippen molar-refractivity contribution in [1.82, 2.24) is 9.47 Å². The summed E-state index contributed by atoms with van der Waals surface area (Å²) in [4.78, 5) is 14.1. The molecular weight excluding hydrogens is 376 g/mol. The largest absolute Gasteiger partial charge is 0.464 e. The van der Waals surface area contributed by atoms with Gasteiger partial charge >= 0.3 is 5.97 Å². The van der Waals surface area contributed by atoms with Gasteiger partial charge in [-0.25, -0.2) is 4.79 Å². The predicted molar refractivity (Wildman–Crippen MR) is 91.9 cm³/mol. The first-order valence-corrected chi connectivity index (χ1v) is 8.61. The number of nitrogens with zero attached hydrogens (tertiary/aromatic N) is 2. The second-order valence-electron chi connectivity index (χ2n) is 5.92. The fourth-order valence-electron chi connectivity index (χ4n) is 2.94. The lowest BCUT2D eigenvalue weighted by Crippen LogP contribution is -2.38. The van der Waals surface area contributed by atoms with Gasteiger partial charge in [-0.1, -0.05) is 0 Å². The van der Waals surface area contributed by atoms with Gasteiger partial charge in [0.05, 0.1) is 13.7 Å². The maximum absolute atomic E-state index is 11.8. The Morgan fingerprint density at radius 1 is 1.46 bits per heavy atom. The zero-order chi connectivity index (χ0) is 17.3. The topological polar surface area (TPSA) is 56.8 Å². The third kappa shape index (κ3) is 3.43.